The van der Waals surface area contributed by atoms with Crippen LogP contribution >= 0.6 is 0 Å². The molecule has 2 nitrogen and oxygen atoms in total. The van der Waals surface area contributed by atoms with Crippen molar-refractivity contribution in [2.24, 2.45) is 0 Å². The van der Waals surface area contributed by atoms with Crippen LogP contribution in [-0.2, 0) is 19.3 Å². The average molecular weight is 380 g/mol. The van der Waals surface area contributed by atoms with Crippen molar-refractivity contribution in [3.05, 3.63) is 130 Å². The molecule has 0 saturated carbocycles. The topological polar surface area (TPSA) is 40.5 Å². The smallest absolute Gasteiger partial charge is 0.119 e. The van der Waals surface area contributed by atoms with Crippen LogP contribution in [0.4, 0.5) is 0 Å². The molecule has 144 valence electrons. The highest BCUT2D eigenvalue weighted by Gasteiger charge is 2.10. The van der Waals surface area contributed by atoms with Gasteiger partial charge in [0.1, 0.15) is 11.5 Å². The van der Waals surface area contributed by atoms with Gasteiger partial charge in [0.15, 0.2) is 0 Å². The normalized spacial score (nSPS) is 10.8. The molecule has 0 bridgehead atoms. The molecule has 0 unspecified atom stereocenters. The SMILES string of the molecule is Oc1ccccc1Cc1ccccc1Cc1ccccc1Cc1ccccc1O. The van der Waals surface area contributed by atoms with Gasteiger partial charge in [0, 0.05) is 12.8 Å². The molecule has 29 heavy (non-hydrogen) atoms. The molecule has 0 aliphatic heterocycles. The zero-order valence-corrected chi connectivity index (χ0v) is 16.3. The Morgan fingerprint density at radius 3 is 0.897 bits per heavy atom. The Hall–Kier alpha value is -3.52. The minimum absolute atomic E-state index is 0.335. The molecule has 0 atom stereocenters. The zero-order valence-electron chi connectivity index (χ0n) is 16.3. The van der Waals surface area contributed by atoms with E-state index in [4.69, 9.17) is 0 Å². The Labute approximate surface area is 171 Å². The predicted molar refractivity (Wildman–Crippen MR) is 118 cm³/mol. The molecular weight excluding hydrogens is 356 g/mol. The summed E-state index contributed by atoms with van der Waals surface area (Å²) in [5.41, 5.74) is 6.79. The third kappa shape index (κ3) is 4.49. The van der Waals surface area contributed by atoms with Crippen molar-refractivity contribution in [3.8, 4) is 11.5 Å². The quantitative estimate of drug-likeness (QED) is 0.439. The lowest BCUT2D eigenvalue weighted by atomic mass is 9.91. The van der Waals surface area contributed by atoms with E-state index in [0.29, 0.717) is 24.3 Å². The first kappa shape index (κ1) is 18.8. The van der Waals surface area contributed by atoms with E-state index in [0.717, 1.165) is 17.5 Å². The summed E-state index contributed by atoms with van der Waals surface area (Å²) >= 11 is 0. The van der Waals surface area contributed by atoms with E-state index >= 15 is 0 Å². The molecule has 0 heterocycles. The second-order valence-corrected chi connectivity index (χ2v) is 7.33. The van der Waals surface area contributed by atoms with Gasteiger partial charge in [-0.2, -0.15) is 0 Å². The van der Waals surface area contributed by atoms with Crippen molar-refractivity contribution in [1.82, 2.24) is 0 Å². The van der Waals surface area contributed by atoms with E-state index < -0.39 is 0 Å². The molecule has 0 spiro atoms. The molecule has 4 aromatic carbocycles. The summed E-state index contributed by atoms with van der Waals surface area (Å²) in [6, 6.07) is 31.8. The molecule has 0 fully saturated rings. The number of benzene rings is 4. The number of phenols is 2. The average Bonchev–Trinajstić information content (AvgIpc) is 2.74. The predicted octanol–water partition coefficient (Wildman–Crippen LogP) is 5.87. The molecule has 4 rings (SSSR count). The maximum absolute atomic E-state index is 10.2. The highest BCUT2D eigenvalue weighted by Crippen LogP contribution is 2.26. The molecule has 2 N–H and O–H groups in total. The summed E-state index contributed by atoms with van der Waals surface area (Å²) in [5, 5.41) is 20.3. The van der Waals surface area contributed by atoms with Gasteiger partial charge in [0.2, 0.25) is 0 Å². The fraction of sp³-hybridized carbons (Fsp3) is 0.111. The van der Waals surface area contributed by atoms with Gasteiger partial charge in [-0.3, -0.25) is 0 Å². The number of hydrogen-bond acceptors (Lipinski definition) is 2. The van der Waals surface area contributed by atoms with Crippen molar-refractivity contribution >= 4 is 0 Å². The van der Waals surface area contributed by atoms with Gasteiger partial charge in [-0.1, -0.05) is 84.9 Å². The number of aromatic hydroxyl groups is 2. The van der Waals surface area contributed by atoms with Gasteiger partial charge >= 0.3 is 0 Å². The summed E-state index contributed by atoms with van der Waals surface area (Å²) in [5.74, 6) is 0.671. The van der Waals surface area contributed by atoms with Gasteiger partial charge in [-0.25, -0.2) is 0 Å². The number of hydrogen-bond donors (Lipinski definition) is 2. The fourth-order valence-corrected chi connectivity index (χ4v) is 3.74. The molecule has 0 radical (unpaired) electrons. The lowest BCUT2D eigenvalue weighted by molar-refractivity contribution is 0.469. The molecule has 0 saturated heterocycles. The molecule has 0 amide bonds. The summed E-state index contributed by atoms with van der Waals surface area (Å²) in [6.45, 7) is 0. The molecule has 2 heteroatoms. The first-order chi connectivity index (χ1) is 14.2. The van der Waals surface area contributed by atoms with Gasteiger partial charge in [0.05, 0.1) is 0 Å². The second-order valence-electron chi connectivity index (χ2n) is 7.33. The fourth-order valence-electron chi connectivity index (χ4n) is 3.74. The number of rotatable bonds is 6. The monoisotopic (exact) mass is 380 g/mol. The number of para-hydroxylation sites is 2. The van der Waals surface area contributed by atoms with Crippen molar-refractivity contribution in [3.63, 3.8) is 0 Å². The van der Waals surface area contributed by atoms with Crippen LogP contribution in [0.3, 0.4) is 0 Å². The van der Waals surface area contributed by atoms with Crippen molar-refractivity contribution < 1.29 is 10.2 Å². The van der Waals surface area contributed by atoms with E-state index in [1.54, 1.807) is 12.1 Å². The lowest BCUT2D eigenvalue weighted by Gasteiger charge is -2.14. The minimum atomic E-state index is 0.335. The standard InChI is InChI=1S/C27H24O2/c28-26-15-7-5-13-24(26)18-22-11-3-1-9-20(22)17-21-10-2-4-12-23(21)19-25-14-6-8-16-27(25)29/h1-16,28-29H,17-19H2. The highest BCUT2D eigenvalue weighted by molar-refractivity contribution is 5.44. The Morgan fingerprint density at radius 2 is 0.586 bits per heavy atom. The summed E-state index contributed by atoms with van der Waals surface area (Å²) in [6.07, 6.45) is 2.21. The molecule has 0 aromatic heterocycles. The Morgan fingerprint density at radius 1 is 0.345 bits per heavy atom. The number of phenolic OH excluding ortho intramolecular Hbond substituents is 2. The van der Waals surface area contributed by atoms with E-state index in [1.807, 2.05) is 48.5 Å². The molecule has 0 aliphatic rings. The van der Waals surface area contributed by atoms with Gasteiger partial charge in [0.25, 0.3) is 0 Å². The van der Waals surface area contributed by atoms with Crippen LogP contribution in [-0.4, -0.2) is 10.2 Å². The van der Waals surface area contributed by atoms with Gasteiger partial charge < -0.3 is 10.2 Å². The van der Waals surface area contributed by atoms with Gasteiger partial charge in [-0.15, -0.1) is 0 Å². The van der Waals surface area contributed by atoms with Crippen LogP contribution in [0.25, 0.3) is 0 Å². The molecule has 4 aromatic rings. The minimum Gasteiger partial charge on any atom is -0.508 e. The van der Waals surface area contributed by atoms with Crippen LogP contribution in [0.1, 0.15) is 33.4 Å². The Bertz CT molecular complexity index is 1030. The van der Waals surface area contributed by atoms with Crippen LogP contribution in [0.2, 0.25) is 0 Å². The third-order valence-corrected chi connectivity index (χ3v) is 5.36. The van der Waals surface area contributed by atoms with Gasteiger partial charge in [-0.05, 0) is 51.9 Å². The first-order valence-electron chi connectivity index (χ1n) is 9.88. The lowest BCUT2D eigenvalue weighted by Crippen LogP contribution is -2.01. The third-order valence-electron chi connectivity index (χ3n) is 5.36. The molecular formula is C27H24O2. The molecule has 0 aliphatic carbocycles. The van der Waals surface area contributed by atoms with Crippen molar-refractivity contribution in [2.75, 3.05) is 0 Å². The van der Waals surface area contributed by atoms with Crippen LogP contribution < -0.4 is 0 Å². The largest absolute Gasteiger partial charge is 0.508 e. The first-order valence-corrected chi connectivity index (χ1v) is 9.88. The van der Waals surface area contributed by atoms with E-state index in [-0.39, 0.29) is 0 Å². The van der Waals surface area contributed by atoms with E-state index in [2.05, 4.69) is 36.4 Å². The Kier molecular flexibility index (Phi) is 5.62. The Balaban J connectivity index is 1.62. The van der Waals surface area contributed by atoms with E-state index in [1.165, 1.54) is 22.3 Å². The van der Waals surface area contributed by atoms with Crippen LogP contribution in [0.15, 0.2) is 97.1 Å². The van der Waals surface area contributed by atoms with Crippen LogP contribution in [0.5, 0.6) is 11.5 Å². The van der Waals surface area contributed by atoms with Crippen molar-refractivity contribution in [2.45, 2.75) is 19.3 Å². The van der Waals surface area contributed by atoms with E-state index in [9.17, 15) is 10.2 Å². The second kappa shape index (κ2) is 8.66. The summed E-state index contributed by atoms with van der Waals surface area (Å²) in [4.78, 5) is 0. The summed E-state index contributed by atoms with van der Waals surface area (Å²) in [7, 11) is 0. The highest BCUT2D eigenvalue weighted by atomic mass is 16.3. The summed E-state index contributed by atoms with van der Waals surface area (Å²) < 4.78 is 0. The van der Waals surface area contributed by atoms with Crippen LogP contribution in [0, 0.1) is 0 Å². The zero-order chi connectivity index (χ0) is 20.1. The van der Waals surface area contributed by atoms with Crippen molar-refractivity contribution in [1.29, 1.82) is 0 Å². The maximum Gasteiger partial charge on any atom is 0.119 e. The maximum atomic E-state index is 10.2.